The number of nitrogens with zero attached hydrogens (tertiary/aromatic N) is 1. The second-order valence-electron chi connectivity index (χ2n) is 3.65. The lowest BCUT2D eigenvalue weighted by Gasteiger charge is -2.17. The molecule has 0 aromatic heterocycles. The van der Waals surface area contributed by atoms with Crippen molar-refractivity contribution in [2.45, 2.75) is 12.8 Å². The van der Waals surface area contributed by atoms with E-state index in [9.17, 15) is 0 Å². The van der Waals surface area contributed by atoms with Crippen LogP contribution >= 0.6 is 0 Å². The van der Waals surface area contributed by atoms with E-state index in [4.69, 9.17) is 5.73 Å². The fourth-order valence-electron chi connectivity index (χ4n) is 1.32. The molecule has 1 rings (SSSR count). The normalized spacial score (nSPS) is 22.9. The molecule has 0 aromatic carbocycles. The Kier molecular flexibility index (Phi) is 3.35. The first-order valence-electron chi connectivity index (χ1n) is 4.47. The van der Waals surface area contributed by atoms with E-state index in [1.807, 2.05) is 6.08 Å². The molecular weight excluding hydrogens is 148 g/mol. The van der Waals surface area contributed by atoms with Crippen LogP contribution in [0.2, 0.25) is 0 Å². The molecule has 0 aliphatic heterocycles. The van der Waals surface area contributed by atoms with E-state index in [-0.39, 0.29) is 0 Å². The summed E-state index contributed by atoms with van der Waals surface area (Å²) in [5.41, 5.74) is 6.53. The Morgan fingerprint density at radius 3 is 2.83 bits per heavy atom. The van der Waals surface area contributed by atoms with E-state index in [0.29, 0.717) is 5.92 Å². The number of allylic oxidation sites excluding steroid dienone is 3. The Balaban J connectivity index is 2.25. The summed E-state index contributed by atoms with van der Waals surface area (Å²) in [5.74, 6) is 0.694. The molecule has 0 aromatic rings. The molecule has 0 saturated heterocycles. The molecule has 0 amide bonds. The average Bonchev–Trinajstić information content (AvgIpc) is 2.03. The molecule has 1 aliphatic carbocycles. The van der Waals surface area contributed by atoms with Gasteiger partial charge in [0, 0.05) is 5.70 Å². The lowest BCUT2D eigenvalue weighted by molar-refractivity contribution is 0.372. The molecule has 68 valence electrons. The van der Waals surface area contributed by atoms with Gasteiger partial charge in [-0.1, -0.05) is 12.2 Å². The molecule has 0 radical (unpaired) electrons. The van der Waals surface area contributed by atoms with E-state index in [0.717, 1.165) is 18.7 Å². The van der Waals surface area contributed by atoms with Crippen LogP contribution in [0, 0.1) is 5.92 Å². The molecule has 0 bridgehead atoms. The van der Waals surface area contributed by atoms with Crippen LogP contribution in [0.4, 0.5) is 0 Å². The molecule has 12 heavy (non-hydrogen) atoms. The fraction of sp³-hybridized carbons (Fsp3) is 0.600. The van der Waals surface area contributed by atoms with Crippen molar-refractivity contribution in [3.63, 3.8) is 0 Å². The van der Waals surface area contributed by atoms with Crippen molar-refractivity contribution in [2.75, 3.05) is 20.6 Å². The molecule has 1 unspecified atom stereocenters. The van der Waals surface area contributed by atoms with E-state index >= 15 is 0 Å². The van der Waals surface area contributed by atoms with Gasteiger partial charge in [-0.25, -0.2) is 0 Å². The Hall–Kier alpha value is -0.760. The third kappa shape index (κ3) is 3.09. The highest BCUT2D eigenvalue weighted by molar-refractivity contribution is 5.20. The SMILES string of the molecule is CN(C)CCC1C=CC(N)=CC1. The first kappa shape index (κ1) is 9.33. The summed E-state index contributed by atoms with van der Waals surface area (Å²) in [7, 11) is 4.22. The van der Waals surface area contributed by atoms with Gasteiger partial charge in [-0.05, 0) is 45.5 Å². The van der Waals surface area contributed by atoms with E-state index in [1.54, 1.807) is 0 Å². The minimum atomic E-state index is 0.694. The highest BCUT2D eigenvalue weighted by atomic mass is 15.0. The van der Waals surface area contributed by atoms with Gasteiger partial charge in [0.05, 0.1) is 0 Å². The maximum atomic E-state index is 5.62. The Labute approximate surface area is 74.7 Å². The lowest BCUT2D eigenvalue weighted by Crippen LogP contribution is -2.16. The summed E-state index contributed by atoms with van der Waals surface area (Å²) < 4.78 is 0. The van der Waals surface area contributed by atoms with Crippen LogP contribution in [-0.4, -0.2) is 25.5 Å². The number of rotatable bonds is 3. The van der Waals surface area contributed by atoms with Crippen molar-refractivity contribution in [2.24, 2.45) is 11.7 Å². The minimum absolute atomic E-state index is 0.694. The first-order chi connectivity index (χ1) is 5.68. The minimum Gasteiger partial charge on any atom is -0.399 e. The third-order valence-electron chi connectivity index (χ3n) is 2.16. The summed E-state index contributed by atoms with van der Waals surface area (Å²) in [6, 6.07) is 0. The Bertz CT molecular complexity index is 192. The van der Waals surface area contributed by atoms with Crippen molar-refractivity contribution in [1.82, 2.24) is 4.90 Å². The average molecular weight is 166 g/mol. The fourth-order valence-corrected chi connectivity index (χ4v) is 1.32. The smallest absolute Gasteiger partial charge is 0.0270 e. The van der Waals surface area contributed by atoms with Gasteiger partial charge in [0.25, 0.3) is 0 Å². The number of hydrogen-bond donors (Lipinski definition) is 1. The second-order valence-corrected chi connectivity index (χ2v) is 3.65. The largest absolute Gasteiger partial charge is 0.399 e. The van der Waals surface area contributed by atoms with Gasteiger partial charge in [-0.2, -0.15) is 0 Å². The molecule has 2 heteroatoms. The maximum Gasteiger partial charge on any atom is 0.0270 e. The van der Waals surface area contributed by atoms with Crippen LogP contribution in [0.25, 0.3) is 0 Å². The summed E-state index contributed by atoms with van der Waals surface area (Å²) >= 11 is 0. The van der Waals surface area contributed by atoms with Gasteiger partial charge >= 0.3 is 0 Å². The molecule has 2 N–H and O–H groups in total. The summed E-state index contributed by atoms with van der Waals surface area (Å²) in [4.78, 5) is 2.22. The summed E-state index contributed by atoms with van der Waals surface area (Å²) in [5, 5.41) is 0. The molecule has 0 spiro atoms. The molecule has 1 aliphatic rings. The van der Waals surface area contributed by atoms with Crippen LogP contribution in [0.5, 0.6) is 0 Å². The summed E-state index contributed by atoms with van der Waals surface area (Å²) in [6.45, 7) is 1.16. The van der Waals surface area contributed by atoms with Crippen molar-refractivity contribution in [1.29, 1.82) is 0 Å². The van der Waals surface area contributed by atoms with Crippen molar-refractivity contribution in [3.8, 4) is 0 Å². The van der Waals surface area contributed by atoms with E-state index < -0.39 is 0 Å². The van der Waals surface area contributed by atoms with Crippen LogP contribution < -0.4 is 5.73 Å². The van der Waals surface area contributed by atoms with Crippen LogP contribution in [0.3, 0.4) is 0 Å². The zero-order valence-corrected chi connectivity index (χ0v) is 7.96. The first-order valence-corrected chi connectivity index (χ1v) is 4.47. The second kappa shape index (κ2) is 4.31. The molecule has 2 nitrogen and oxygen atoms in total. The Morgan fingerprint density at radius 1 is 1.58 bits per heavy atom. The zero-order valence-electron chi connectivity index (χ0n) is 7.96. The predicted octanol–water partition coefficient (Wildman–Crippen LogP) is 1.36. The lowest BCUT2D eigenvalue weighted by atomic mass is 9.96. The van der Waals surface area contributed by atoms with E-state index in [1.165, 1.54) is 6.42 Å². The quantitative estimate of drug-likeness (QED) is 0.686. The number of hydrogen-bond acceptors (Lipinski definition) is 2. The standard InChI is InChI=1S/C10H18N2/c1-12(2)8-7-9-3-5-10(11)6-4-9/h3,5-6,9H,4,7-8,11H2,1-2H3. The van der Waals surface area contributed by atoms with Gasteiger partial charge in [-0.3, -0.25) is 0 Å². The van der Waals surface area contributed by atoms with Gasteiger partial charge < -0.3 is 10.6 Å². The van der Waals surface area contributed by atoms with Crippen LogP contribution in [0.1, 0.15) is 12.8 Å². The third-order valence-corrected chi connectivity index (χ3v) is 2.16. The highest BCUT2D eigenvalue weighted by Crippen LogP contribution is 2.17. The monoisotopic (exact) mass is 166 g/mol. The molecule has 0 saturated carbocycles. The zero-order chi connectivity index (χ0) is 8.97. The maximum absolute atomic E-state index is 5.62. The van der Waals surface area contributed by atoms with Crippen molar-refractivity contribution >= 4 is 0 Å². The molecule has 1 atom stereocenters. The predicted molar refractivity (Wildman–Crippen MR) is 52.7 cm³/mol. The van der Waals surface area contributed by atoms with Gasteiger partial charge in [-0.15, -0.1) is 0 Å². The van der Waals surface area contributed by atoms with Gasteiger partial charge in [0.1, 0.15) is 0 Å². The van der Waals surface area contributed by atoms with Crippen molar-refractivity contribution in [3.05, 3.63) is 23.9 Å². The molecule has 0 heterocycles. The Morgan fingerprint density at radius 2 is 2.33 bits per heavy atom. The van der Waals surface area contributed by atoms with Gasteiger partial charge in [0.2, 0.25) is 0 Å². The molecule has 0 fully saturated rings. The number of nitrogens with two attached hydrogens (primary N) is 1. The van der Waals surface area contributed by atoms with Crippen LogP contribution in [0.15, 0.2) is 23.9 Å². The van der Waals surface area contributed by atoms with Crippen LogP contribution in [-0.2, 0) is 0 Å². The van der Waals surface area contributed by atoms with Crippen molar-refractivity contribution < 1.29 is 0 Å². The molecular formula is C10H18N2. The summed E-state index contributed by atoms with van der Waals surface area (Å²) in [6.07, 6.45) is 8.69. The topological polar surface area (TPSA) is 29.3 Å². The highest BCUT2D eigenvalue weighted by Gasteiger charge is 2.06. The van der Waals surface area contributed by atoms with Gasteiger partial charge in [0.15, 0.2) is 0 Å². The van der Waals surface area contributed by atoms with E-state index in [2.05, 4.69) is 31.1 Å².